The zero-order chi connectivity index (χ0) is 18.8. The fourth-order valence-electron chi connectivity index (χ4n) is 3.15. The summed E-state index contributed by atoms with van der Waals surface area (Å²) < 4.78 is 14.6. The summed E-state index contributed by atoms with van der Waals surface area (Å²) in [6.45, 7) is 1.87. The van der Waals surface area contributed by atoms with E-state index in [1.807, 2.05) is 37.3 Å². The molecule has 0 unspecified atom stereocenters. The Morgan fingerprint density at radius 1 is 0.926 bits per heavy atom. The maximum absolute atomic E-state index is 14.6. The molecule has 0 saturated carbocycles. The van der Waals surface area contributed by atoms with E-state index in [-0.39, 0.29) is 11.6 Å². The SMILES string of the molecule is Cc1ccc2ccc([C@H](Nc3ccccn3)c3ccccc3F)c(O)c2n1. The Morgan fingerprint density at radius 2 is 1.70 bits per heavy atom. The van der Waals surface area contributed by atoms with E-state index >= 15 is 0 Å². The van der Waals surface area contributed by atoms with Gasteiger partial charge in [-0.15, -0.1) is 0 Å². The van der Waals surface area contributed by atoms with Crippen LogP contribution in [-0.4, -0.2) is 15.1 Å². The van der Waals surface area contributed by atoms with E-state index in [0.717, 1.165) is 11.1 Å². The maximum Gasteiger partial charge on any atom is 0.147 e. The van der Waals surface area contributed by atoms with E-state index in [2.05, 4.69) is 15.3 Å². The first-order valence-corrected chi connectivity index (χ1v) is 8.65. The topological polar surface area (TPSA) is 58.0 Å². The molecule has 0 amide bonds. The summed E-state index contributed by atoms with van der Waals surface area (Å²) in [4.78, 5) is 8.73. The van der Waals surface area contributed by atoms with Crippen molar-refractivity contribution in [2.24, 2.45) is 0 Å². The van der Waals surface area contributed by atoms with Crippen LogP contribution in [0.1, 0.15) is 22.9 Å². The van der Waals surface area contributed by atoms with Gasteiger partial charge in [-0.1, -0.05) is 42.5 Å². The van der Waals surface area contributed by atoms with Crippen LogP contribution in [-0.2, 0) is 0 Å². The normalized spacial score (nSPS) is 12.1. The molecule has 27 heavy (non-hydrogen) atoms. The number of anilines is 1. The molecular formula is C22H18FN3O. The summed E-state index contributed by atoms with van der Waals surface area (Å²) >= 11 is 0. The van der Waals surface area contributed by atoms with Crippen LogP contribution in [0.15, 0.2) is 72.9 Å². The standard InChI is InChI=1S/C22H18FN3O/c1-14-9-10-15-11-12-17(22(27)20(15)25-14)21(16-6-2-3-7-18(16)23)26-19-8-4-5-13-24-19/h2-13,21,27H,1H3,(H,24,26)/t21-/m1/s1. The Balaban J connectivity index is 1.89. The van der Waals surface area contributed by atoms with E-state index in [9.17, 15) is 9.50 Å². The van der Waals surface area contributed by atoms with Crippen LogP contribution in [0.4, 0.5) is 10.2 Å². The Kier molecular flexibility index (Phi) is 4.42. The summed E-state index contributed by atoms with van der Waals surface area (Å²) in [5, 5.41) is 15.0. The van der Waals surface area contributed by atoms with Crippen molar-refractivity contribution in [2.75, 3.05) is 5.32 Å². The van der Waals surface area contributed by atoms with Crippen LogP contribution in [0.25, 0.3) is 10.9 Å². The van der Waals surface area contributed by atoms with Crippen molar-refractivity contribution in [3.63, 3.8) is 0 Å². The fraction of sp³-hybridized carbons (Fsp3) is 0.0909. The van der Waals surface area contributed by atoms with Crippen molar-refractivity contribution < 1.29 is 9.50 Å². The predicted octanol–water partition coefficient (Wildman–Crippen LogP) is 4.98. The Morgan fingerprint density at radius 3 is 2.48 bits per heavy atom. The van der Waals surface area contributed by atoms with Gasteiger partial charge in [0, 0.05) is 28.4 Å². The molecule has 0 fully saturated rings. The number of nitrogens with zero attached hydrogens (tertiary/aromatic N) is 2. The van der Waals surface area contributed by atoms with Gasteiger partial charge in [-0.2, -0.15) is 0 Å². The number of aromatic hydroxyl groups is 1. The number of halogens is 1. The highest BCUT2D eigenvalue weighted by Gasteiger charge is 2.22. The van der Waals surface area contributed by atoms with Gasteiger partial charge >= 0.3 is 0 Å². The molecule has 0 radical (unpaired) electrons. The molecule has 0 aliphatic carbocycles. The second-order valence-electron chi connectivity index (χ2n) is 6.34. The molecule has 0 aliphatic rings. The highest BCUT2D eigenvalue weighted by atomic mass is 19.1. The van der Waals surface area contributed by atoms with Crippen molar-refractivity contribution in [2.45, 2.75) is 13.0 Å². The number of nitrogens with one attached hydrogen (secondary N) is 1. The van der Waals surface area contributed by atoms with Crippen molar-refractivity contribution in [1.29, 1.82) is 0 Å². The van der Waals surface area contributed by atoms with Gasteiger partial charge in [0.15, 0.2) is 0 Å². The van der Waals surface area contributed by atoms with Gasteiger partial charge in [0.1, 0.15) is 22.9 Å². The maximum atomic E-state index is 14.6. The first kappa shape index (κ1) is 17.0. The van der Waals surface area contributed by atoms with Crippen LogP contribution in [0, 0.1) is 12.7 Å². The van der Waals surface area contributed by atoms with Gasteiger partial charge in [0.25, 0.3) is 0 Å². The van der Waals surface area contributed by atoms with Crippen LogP contribution in [0.5, 0.6) is 5.75 Å². The highest BCUT2D eigenvalue weighted by Crippen LogP contribution is 2.37. The lowest BCUT2D eigenvalue weighted by atomic mass is 9.95. The van der Waals surface area contributed by atoms with Gasteiger partial charge < -0.3 is 10.4 Å². The third-order valence-electron chi connectivity index (χ3n) is 4.49. The Hall–Kier alpha value is -3.47. The molecule has 2 aromatic carbocycles. The smallest absolute Gasteiger partial charge is 0.147 e. The van der Waals surface area contributed by atoms with E-state index in [1.54, 1.807) is 36.5 Å². The molecule has 0 bridgehead atoms. The molecular weight excluding hydrogens is 341 g/mol. The second-order valence-corrected chi connectivity index (χ2v) is 6.34. The number of aryl methyl sites for hydroxylation is 1. The third-order valence-corrected chi connectivity index (χ3v) is 4.49. The molecule has 4 aromatic rings. The molecule has 134 valence electrons. The number of rotatable bonds is 4. The average molecular weight is 359 g/mol. The quantitative estimate of drug-likeness (QED) is 0.539. The number of phenols is 1. The monoisotopic (exact) mass is 359 g/mol. The fourth-order valence-corrected chi connectivity index (χ4v) is 3.15. The van der Waals surface area contributed by atoms with Gasteiger partial charge in [-0.3, -0.25) is 0 Å². The zero-order valence-corrected chi connectivity index (χ0v) is 14.7. The lowest BCUT2D eigenvalue weighted by Crippen LogP contribution is -2.15. The number of phenolic OH excluding ortho intramolecular Hbond substituents is 1. The number of benzene rings is 2. The summed E-state index contributed by atoms with van der Waals surface area (Å²) in [7, 11) is 0. The molecule has 4 nitrogen and oxygen atoms in total. The lowest BCUT2D eigenvalue weighted by Gasteiger charge is -2.22. The van der Waals surface area contributed by atoms with Gasteiger partial charge in [-0.05, 0) is 31.2 Å². The van der Waals surface area contributed by atoms with Crippen LogP contribution in [0.3, 0.4) is 0 Å². The highest BCUT2D eigenvalue weighted by molar-refractivity contribution is 5.86. The minimum atomic E-state index is -0.618. The van der Waals surface area contributed by atoms with E-state index < -0.39 is 6.04 Å². The Bertz CT molecular complexity index is 1100. The van der Waals surface area contributed by atoms with Crippen molar-refractivity contribution >= 4 is 16.7 Å². The summed E-state index contributed by atoms with van der Waals surface area (Å²) in [5.41, 5.74) is 2.26. The van der Waals surface area contributed by atoms with Crippen LogP contribution in [0.2, 0.25) is 0 Å². The van der Waals surface area contributed by atoms with Crippen molar-refractivity contribution in [1.82, 2.24) is 9.97 Å². The molecule has 2 heterocycles. The number of fused-ring (bicyclic) bond motifs is 1. The molecule has 2 aromatic heterocycles. The second kappa shape index (κ2) is 7.03. The molecule has 0 aliphatic heterocycles. The largest absolute Gasteiger partial charge is 0.505 e. The van der Waals surface area contributed by atoms with Crippen LogP contribution < -0.4 is 5.32 Å². The first-order chi connectivity index (χ1) is 13.1. The number of hydrogen-bond acceptors (Lipinski definition) is 4. The number of aromatic nitrogens is 2. The van der Waals surface area contributed by atoms with E-state index in [0.29, 0.717) is 22.5 Å². The van der Waals surface area contributed by atoms with Crippen molar-refractivity contribution in [3.8, 4) is 5.75 Å². The number of pyridine rings is 2. The molecule has 2 N–H and O–H groups in total. The van der Waals surface area contributed by atoms with Crippen molar-refractivity contribution in [3.05, 3.63) is 95.6 Å². The summed E-state index contributed by atoms with van der Waals surface area (Å²) in [6, 6.07) is 18.8. The summed E-state index contributed by atoms with van der Waals surface area (Å²) in [5.74, 6) is 0.262. The van der Waals surface area contributed by atoms with Gasteiger partial charge in [-0.25, -0.2) is 14.4 Å². The van der Waals surface area contributed by atoms with E-state index in [1.165, 1.54) is 6.07 Å². The molecule has 1 atom stereocenters. The van der Waals surface area contributed by atoms with E-state index in [4.69, 9.17) is 0 Å². The van der Waals surface area contributed by atoms with Gasteiger partial charge in [0.05, 0.1) is 6.04 Å². The van der Waals surface area contributed by atoms with Crippen LogP contribution >= 0.6 is 0 Å². The predicted molar refractivity (Wildman–Crippen MR) is 104 cm³/mol. The lowest BCUT2D eigenvalue weighted by molar-refractivity contribution is 0.470. The Labute approximate surface area is 156 Å². The minimum absolute atomic E-state index is 0.0351. The average Bonchev–Trinajstić information content (AvgIpc) is 2.69. The number of hydrogen-bond donors (Lipinski definition) is 2. The minimum Gasteiger partial charge on any atom is -0.505 e. The summed E-state index contributed by atoms with van der Waals surface area (Å²) in [6.07, 6.45) is 1.66. The zero-order valence-electron chi connectivity index (χ0n) is 14.7. The molecule has 4 rings (SSSR count). The van der Waals surface area contributed by atoms with Gasteiger partial charge in [0.2, 0.25) is 0 Å². The first-order valence-electron chi connectivity index (χ1n) is 8.65. The third kappa shape index (κ3) is 3.31. The molecule has 0 spiro atoms. The molecule has 0 saturated heterocycles. The molecule has 5 heteroatoms.